The number of hydrogen-bond acceptors (Lipinski definition) is 5. The lowest BCUT2D eigenvalue weighted by Crippen LogP contribution is -2.35. The molecule has 0 spiro atoms. The van der Waals surface area contributed by atoms with Crippen molar-refractivity contribution in [2.45, 2.75) is 19.9 Å². The van der Waals surface area contributed by atoms with Crippen LogP contribution >= 0.6 is 0 Å². The van der Waals surface area contributed by atoms with Gasteiger partial charge in [0.1, 0.15) is 5.82 Å². The first-order valence-electron chi connectivity index (χ1n) is 7.72. The third-order valence-corrected chi connectivity index (χ3v) is 3.37. The van der Waals surface area contributed by atoms with Gasteiger partial charge in [-0.3, -0.25) is 0 Å². The van der Waals surface area contributed by atoms with Gasteiger partial charge >= 0.3 is 6.03 Å². The molecule has 0 unspecified atom stereocenters. The molecule has 128 valence electrons. The summed E-state index contributed by atoms with van der Waals surface area (Å²) in [6.45, 7) is 4.50. The number of nitrogens with one attached hydrogen (secondary N) is 2. The van der Waals surface area contributed by atoms with Crippen LogP contribution in [0, 0.1) is 6.92 Å². The van der Waals surface area contributed by atoms with Crippen LogP contribution in [-0.2, 0) is 4.74 Å². The van der Waals surface area contributed by atoms with E-state index in [0.717, 1.165) is 11.3 Å². The Morgan fingerprint density at radius 1 is 1.29 bits per heavy atom. The minimum absolute atomic E-state index is 0.0538. The van der Waals surface area contributed by atoms with E-state index in [0.29, 0.717) is 18.4 Å². The Kier molecular flexibility index (Phi) is 6.08. The Morgan fingerprint density at radius 3 is 2.62 bits per heavy atom. The van der Waals surface area contributed by atoms with Gasteiger partial charge in [-0.05, 0) is 26.0 Å². The summed E-state index contributed by atoms with van der Waals surface area (Å²) in [5.74, 6) is 0.929. The molecule has 1 atom stereocenters. The lowest BCUT2D eigenvalue weighted by atomic mass is 10.2. The van der Waals surface area contributed by atoms with Gasteiger partial charge in [-0.2, -0.15) is 4.98 Å². The summed E-state index contributed by atoms with van der Waals surface area (Å²) in [7, 11) is 3.23. The third-order valence-electron chi connectivity index (χ3n) is 3.37. The Morgan fingerprint density at radius 2 is 2.00 bits per heavy atom. The zero-order valence-corrected chi connectivity index (χ0v) is 14.4. The van der Waals surface area contributed by atoms with Crippen LogP contribution in [0.15, 0.2) is 36.5 Å². The molecule has 7 heteroatoms. The second-order valence-corrected chi connectivity index (χ2v) is 5.47. The first kappa shape index (κ1) is 17.7. The smallest absolute Gasteiger partial charge is 0.327 e. The van der Waals surface area contributed by atoms with Gasteiger partial charge in [0.25, 0.3) is 0 Å². The lowest BCUT2D eigenvalue weighted by molar-refractivity contribution is 0.190. The number of rotatable bonds is 6. The summed E-state index contributed by atoms with van der Waals surface area (Å²) < 4.78 is 5.10. The highest BCUT2D eigenvalue weighted by atomic mass is 16.5. The number of aromatic nitrogens is 2. The fraction of sp³-hybridized carbons (Fsp3) is 0.353. The molecule has 2 rings (SSSR count). The van der Waals surface area contributed by atoms with Crippen molar-refractivity contribution in [1.29, 1.82) is 0 Å². The van der Waals surface area contributed by atoms with Crippen LogP contribution < -0.4 is 15.5 Å². The zero-order valence-electron chi connectivity index (χ0n) is 14.4. The van der Waals surface area contributed by atoms with Gasteiger partial charge in [0, 0.05) is 32.5 Å². The molecule has 24 heavy (non-hydrogen) atoms. The Hall–Kier alpha value is -2.67. The van der Waals surface area contributed by atoms with Crippen molar-refractivity contribution in [3.8, 4) is 0 Å². The van der Waals surface area contributed by atoms with Crippen LogP contribution in [0.1, 0.15) is 12.5 Å². The van der Waals surface area contributed by atoms with Crippen LogP contribution in [0.2, 0.25) is 0 Å². The molecular weight excluding hydrogens is 306 g/mol. The fourth-order valence-corrected chi connectivity index (χ4v) is 2.21. The van der Waals surface area contributed by atoms with E-state index in [9.17, 15) is 4.79 Å². The van der Waals surface area contributed by atoms with Crippen LogP contribution in [0.3, 0.4) is 0 Å². The maximum atomic E-state index is 12.3. The second-order valence-electron chi connectivity index (χ2n) is 5.47. The maximum absolute atomic E-state index is 12.3. The van der Waals surface area contributed by atoms with Crippen molar-refractivity contribution in [2.75, 3.05) is 31.0 Å². The Balaban J connectivity index is 2.33. The number of benzene rings is 1. The summed E-state index contributed by atoms with van der Waals surface area (Å²) in [6.07, 6.45) is 1.62. The number of aryl methyl sites for hydroxylation is 1. The molecule has 0 aliphatic heterocycles. The largest absolute Gasteiger partial charge is 0.383 e. The monoisotopic (exact) mass is 329 g/mol. The number of anilines is 3. The van der Waals surface area contributed by atoms with Gasteiger partial charge < -0.3 is 15.4 Å². The van der Waals surface area contributed by atoms with E-state index in [1.165, 1.54) is 4.90 Å². The molecule has 1 aromatic heterocycles. The number of carbonyl (C=O) groups is 1. The number of hydrogen-bond donors (Lipinski definition) is 2. The fourth-order valence-electron chi connectivity index (χ4n) is 2.21. The molecule has 1 aromatic carbocycles. The van der Waals surface area contributed by atoms with E-state index < -0.39 is 0 Å². The summed E-state index contributed by atoms with van der Waals surface area (Å²) in [5.41, 5.74) is 1.85. The molecule has 2 aromatic rings. The summed E-state index contributed by atoms with van der Waals surface area (Å²) in [5, 5.41) is 5.79. The minimum Gasteiger partial charge on any atom is -0.383 e. The van der Waals surface area contributed by atoms with Gasteiger partial charge in [-0.15, -0.1) is 0 Å². The average molecular weight is 329 g/mol. The molecule has 0 aliphatic rings. The Bertz CT molecular complexity index is 675. The SMILES string of the molecule is CNC(=O)N(c1ccc(C)cc1)c1ccnc(N[C@@H](C)COC)n1. The molecule has 7 nitrogen and oxygen atoms in total. The van der Waals surface area contributed by atoms with Gasteiger partial charge in [-0.1, -0.05) is 17.7 Å². The molecule has 0 aliphatic carbocycles. The van der Waals surface area contributed by atoms with E-state index in [1.807, 2.05) is 38.1 Å². The van der Waals surface area contributed by atoms with Crippen LogP contribution in [0.4, 0.5) is 22.2 Å². The minimum atomic E-state index is -0.270. The summed E-state index contributed by atoms with van der Waals surface area (Å²) in [6, 6.07) is 9.15. The Labute approximate surface area is 142 Å². The van der Waals surface area contributed by atoms with Crippen molar-refractivity contribution >= 4 is 23.5 Å². The first-order valence-corrected chi connectivity index (χ1v) is 7.72. The van der Waals surface area contributed by atoms with Crippen LogP contribution in [0.5, 0.6) is 0 Å². The van der Waals surface area contributed by atoms with E-state index in [-0.39, 0.29) is 12.1 Å². The molecule has 1 heterocycles. The quantitative estimate of drug-likeness (QED) is 0.852. The highest BCUT2D eigenvalue weighted by Gasteiger charge is 2.19. The normalized spacial score (nSPS) is 11.7. The molecule has 0 bridgehead atoms. The van der Waals surface area contributed by atoms with Gasteiger partial charge in [0.2, 0.25) is 5.95 Å². The molecule has 0 radical (unpaired) electrons. The molecule has 0 saturated carbocycles. The summed E-state index contributed by atoms with van der Waals surface area (Å²) >= 11 is 0. The van der Waals surface area contributed by atoms with Gasteiger partial charge in [0.05, 0.1) is 12.3 Å². The average Bonchev–Trinajstić information content (AvgIpc) is 2.57. The van der Waals surface area contributed by atoms with Crippen molar-refractivity contribution in [3.05, 3.63) is 42.1 Å². The highest BCUT2D eigenvalue weighted by Crippen LogP contribution is 2.24. The topological polar surface area (TPSA) is 79.4 Å². The van der Waals surface area contributed by atoms with E-state index >= 15 is 0 Å². The molecule has 2 N–H and O–H groups in total. The molecule has 0 saturated heterocycles. The predicted molar refractivity (Wildman–Crippen MR) is 94.8 cm³/mol. The molecule has 2 amide bonds. The molecule has 0 fully saturated rings. The van der Waals surface area contributed by atoms with E-state index in [4.69, 9.17) is 4.74 Å². The van der Waals surface area contributed by atoms with Gasteiger partial charge in [-0.25, -0.2) is 14.7 Å². The zero-order chi connectivity index (χ0) is 17.5. The number of ether oxygens (including phenoxy) is 1. The number of nitrogens with zero attached hydrogens (tertiary/aromatic N) is 3. The van der Waals surface area contributed by atoms with Crippen molar-refractivity contribution in [1.82, 2.24) is 15.3 Å². The van der Waals surface area contributed by atoms with Crippen LogP contribution in [0.25, 0.3) is 0 Å². The van der Waals surface area contributed by atoms with Crippen molar-refractivity contribution in [3.63, 3.8) is 0 Å². The lowest BCUT2D eigenvalue weighted by Gasteiger charge is -2.22. The second kappa shape index (κ2) is 8.26. The van der Waals surface area contributed by atoms with E-state index in [1.54, 1.807) is 26.4 Å². The first-order chi connectivity index (χ1) is 11.5. The van der Waals surface area contributed by atoms with E-state index in [2.05, 4.69) is 20.6 Å². The molecular formula is C17H23N5O2. The van der Waals surface area contributed by atoms with Crippen LogP contribution in [-0.4, -0.2) is 42.8 Å². The summed E-state index contributed by atoms with van der Waals surface area (Å²) in [4.78, 5) is 22.5. The number of urea groups is 1. The maximum Gasteiger partial charge on any atom is 0.327 e. The van der Waals surface area contributed by atoms with Crippen molar-refractivity contribution in [2.24, 2.45) is 0 Å². The number of carbonyl (C=O) groups excluding carboxylic acids is 1. The van der Waals surface area contributed by atoms with Gasteiger partial charge in [0.15, 0.2) is 0 Å². The highest BCUT2D eigenvalue weighted by molar-refractivity contribution is 5.98. The predicted octanol–water partition coefficient (Wildman–Crippen LogP) is 2.71. The standard InChI is InChI=1S/C17H23N5O2/c1-12-5-7-14(8-6-12)22(17(23)18-3)15-9-10-19-16(21-15)20-13(2)11-24-4/h5-10,13H,11H2,1-4H3,(H,18,23)(H,19,20,21)/t13-/m0/s1. The van der Waals surface area contributed by atoms with Crippen molar-refractivity contribution < 1.29 is 9.53 Å². The number of amides is 2. The third kappa shape index (κ3) is 4.42. The number of methoxy groups -OCH3 is 1.